The Labute approximate surface area is 101 Å². The van der Waals surface area contributed by atoms with Crippen LogP contribution >= 0.6 is 0 Å². The summed E-state index contributed by atoms with van der Waals surface area (Å²) < 4.78 is 6.46. The number of aryl methyl sites for hydroxylation is 1. The molecule has 0 radical (unpaired) electrons. The fraction of sp³-hybridized carbons (Fsp3) is 0.154. The van der Waals surface area contributed by atoms with E-state index in [0.717, 1.165) is 0 Å². The van der Waals surface area contributed by atoms with Crippen molar-refractivity contribution < 1.29 is 14.6 Å². The number of phenolic OH excluding ortho intramolecular Hbond substituents is 2. The predicted molar refractivity (Wildman–Crippen MR) is 67.0 cm³/mol. The van der Waals surface area contributed by atoms with Crippen LogP contribution in [0, 0.1) is 0 Å². The van der Waals surface area contributed by atoms with E-state index in [0.29, 0.717) is 22.9 Å². The number of phenols is 2. The van der Waals surface area contributed by atoms with Crippen LogP contribution < -0.4 is 5.76 Å². The highest BCUT2D eigenvalue weighted by atomic mass is 16.4. The molecule has 0 unspecified atom stereocenters. The van der Waals surface area contributed by atoms with Gasteiger partial charge in [-0.15, -0.1) is 0 Å². The van der Waals surface area contributed by atoms with Crippen molar-refractivity contribution in [3.05, 3.63) is 34.8 Å². The largest absolute Gasteiger partial charge is 0.504 e. The first-order chi connectivity index (χ1) is 8.65. The van der Waals surface area contributed by atoms with Gasteiger partial charge in [0.05, 0.1) is 0 Å². The van der Waals surface area contributed by atoms with Crippen molar-refractivity contribution in [2.75, 3.05) is 0 Å². The van der Waals surface area contributed by atoms with E-state index in [1.54, 1.807) is 31.2 Å². The fourth-order valence-corrected chi connectivity index (χ4v) is 2.24. The maximum Gasteiger partial charge on any atom is 0.420 e. The lowest BCUT2D eigenvalue weighted by Crippen LogP contribution is -2.12. The molecular formula is C13H11NO4. The molecule has 0 aliphatic carbocycles. The lowest BCUT2D eigenvalue weighted by Gasteiger charge is -2.06. The summed E-state index contributed by atoms with van der Waals surface area (Å²) in [5, 5.41) is 21.1. The molecule has 0 atom stereocenters. The Balaban J connectivity index is 2.69. The number of benzene rings is 2. The van der Waals surface area contributed by atoms with Crippen LogP contribution in [0.15, 0.2) is 33.5 Å². The third kappa shape index (κ3) is 1.18. The molecule has 5 nitrogen and oxygen atoms in total. The van der Waals surface area contributed by atoms with Gasteiger partial charge in [-0.3, -0.25) is 4.57 Å². The second-order valence-corrected chi connectivity index (χ2v) is 4.03. The summed E-state index contributed by atoms with van der Waals surface area (Å²) >= 11 is 0. The molecule has 1 heterocycles. The summed E-state index contributed by atoms with van der Waals surface area (Å²) in [5.41, 5.74) is 0.534. The van der Waals surface area contributed by atoms with Gasteiger partial charge in [0.15, 0.2) is 17.1 Å². The van der Waals surface area contributed by atoms with E-state index in [2.05, 4.69) is 0 Å². The SMILES string of the molecule is CCn1c(=O)oc2c3ccccc3c(O)c(O)c21. The zero-order valence-corrected chi connectivity index (χ0v) is 9.67. The minimum atomic E-state index is -0.543. The highest BCUT2D eigenvalue weighted by molar-refractivity contribution is 6.09. The zero-order valence-electron chi connectivity index (χ0n) is 9.67. The summed E-state index contributed by atoms with van der Waals surface area (Å²) in [6.07, 6.45) is 0. The molecule has 0 saturated heterocycles. The number of fused-ring (bicyclic) bond motifs is 3. The minimum Gasteiger partial charge on any atom is -0.504 e. The van der Waals surface area contributed by atoms with Crippen LogP contribution in [-0.4, -0.2) is 14.8 Å². The maximum atomic E-state index is 11.7. The molecule has 2 N–H and O–H groups in total. The summed E-state index contributed by atoms with van der Waals surface area (Å²) in [5.74, 6) is -1.10. The Morgan fingerprint density at radius 2 is 1.83 bits per heavy atom. The van der Waals surface area contributed by atoms with E-state index in [-0.39, 0.29) is 17.0 Å². The topological polar surface area (TPSA) is 75.6 Å². The number of nitrogens with zero attached hydrogens (tertiary/aromatic N) is 1. The van der Waals surface area contributed by atoms with Crippen molar-refractivity contribution in [1.82, 2.24) is 4.57 Å². The Kier molecular flexibility index (Phi) is 2.10. The van der Waals surface area contributed by atoms with Gasteiger partial charge in [0.25, 0.3) is 0 Å². The van der Waals surface area contributed by atoms with Gasteiger partial charge in [0.1, 0.15) is 5.52 Å². The van der Waals surface area contributed by atoms with Gasteiger partial charge in [-0.25, -0.2) is 4.79 Å². The molecule has 5 heteroatoms. The average Bonchev–Trinajstić information content (AvgIpc) is 2.73. The van der Waals surface area contributed by atoms with Crippen LogP contribution in [-0.2, 0) is 6.54 Å². The Morgan fingerprint density at radius 1 is 1.17 bits per heavy atom. The average molecular weight is 245 g/mol. The molecule has 0 bridgehead atoms. The number of hydrogen-bond acceptors (Lipinski definition) is 4. The van der Waals surface area contributed by atoms with Gasteiger partial charge >= 0.3 is 5.76 Å². The van der Waals surface area contributed by atoms with Crippen LogP contribution in [0.25, 0.3) is 21.9 Å². The lowest BCUT2D eigenvalue weighted by atomic mass is 10.1. The molecule has 3 rings (SSSR count). The maximum absolute atomic E-state index is 11.7. The monoisotopic (exact) mass is 245 g/mol. The van der Waals surface area contributed by atoms with Crippen LogP contribution in [0.2, 0.25) is 0 Å². The predicted octanol–water partition coefficient (Wildman–Crippen LogP) is 2.18. The molecule has 1 aromatic heterocycles. The van der Waals surface area contributed by atoms with Crippen LogP contribution in [0.1, 0.15) is 6.92 Å². The van der Waals surface area contributed by atoms with Crippen LogP contribution in [0.4, 0.5) is 0 Å². The number of rotatable bonds is 1. The van der Waals surface area contributed by atoms with Crippen molar-refractivity contribution in [2.45, 2.75) is 13.5 Å². The highest BCUT2D eigenvalue weighted by Crippen LogP contribution is 2.41. The number of oxazole rings is 1. The second-order valence-electron chi connectivity index (χ2n) is 4.03. The van der Waals surface area contributed by atoms with Crippen molar-refractivity contribution in [3.63, 3.8) is 0 Å². The molecule has 92 valence electrons. The van der Waals surface area contributed by atoms with E-state index < -0.39 is 5.76 Å². The van der Waals surface area contributed by atoms with Gasteiger partial charge in [-0.2, -0.15) is 0 Å². The molecular weight excluding hydrogens is 234 g/mol. The molecule has 2 aromatic carbocycles. The quantitative estimate of drug-likeness (QED) is 0.644. The van der Waals surface area contributed by atoms with E-state index in [1.807, 2.05) is 0 Å². The fourth-order valence-electron chi connectivity index (χ4n) is 2.24. The molecule has 18 heavy (non-hydrogen) atoms. The van der Waals surface area contributed by atoms with Crippen LogP contribution in [0.5, 0.6) is 11.5 Å². The van der Waals surface area contributed by atoms with E-state index >= 15 is 0 Å². The molecule has 0 fully saturated rings. The van der Waals surface area contributed by atoms with E-state index in [9.17, 15) is 15.0 Å². The van der Waals surface area contributed by atoms with Crippen molar-refractivity contribution in [3.8, 4) is 11.5 Å². The van der Waals surface area contributed by atoms with Crippen molar-refractivity contribution in [2.24, 2.45) is 0 Å². The third-order valence-corrected chi connectivity index (χ3v) is 3.09. The van der Waals surface area contributed by atoms with E-state index in [1.165, 1.54) is 4.57 Å². The van der Waals surface area contributed by atoms with Crippen molar-refractivity contribution >= 4 is 21.9 Å². The van der Waals surface area contributed by atoms with Gasteiger partial charge in [-0.05, 0) is 6.92 Å². The third-order valence-electron chi connectivity index (χ3n) is 3.09. The van der Waals surface area contributed by atoms with Gasteiger partial charge in [0.2, 0.25) is 0 Å². The molecule has 0 saturated carbocycles. The minimum absolute atomic E-state index is 0.235. The van der Waals surface area contributed by atoms with Gasteiger partial charge in [0, 0.05) is 17.3 Å². The molecule has 0 aliphatic rings. The summed E-state index contributed by atoms with van der Waals surface area (Å²) in [6, 6.07) is 6.91. The molecule has 0 amide bonds. The standard InChI is InChI=1S/C13H11NO4/c1-2-14-9-11(16)10(15)7-5-3-4-6-8(7)12(9)18-13(14)17/h3-6,15-16H,2H2,1H3. The summed E-state index contributed by atoms with van der Waals surface area (Å²) in [4.78, 5) is 11.7. The van der Waals surface area contributed by atoms with Crippen molar-refractivity contribution in [1.29, 1.82) is 0 Å². The van der Waals surface area contributed by atoms with E-state index in [4.69, 9.17) is 4.42 Å². The van der Waals surface area contributed by atoms with Gasteiger partial charge < -0.3 is 14.6 Å². The summed E-state index contributed by atoms with van der Waals surface area (Å²) in [6.45, 7) is 2.12. The molecule has 0 spiro atoms. The smallest absolute Gasteiger partial charge is 0.420 e. The Hall–Kier alpha value is -2.43. The molecule has 3 aromatic rings. The van der Waals surface area contributed by atoms with Crippen LogP contribution in [0.3, 0.4) is 0 Å². The normalized spacial score (nSPS) is 11.4. The highest BCUT2D eigenvalue weighted by Gasteiger charge is 2.20. The lowest BCUT2D eigenvalue weighted by molar-refractivity contribution is 0.410. The number of aromatic nitrogens is 1. The summed E-state index contributed by atoms with van der Waals surface area (Å²) in [7, 11) is 0. The van der Waals surface area contributed by atoms with Gasteiger partial charge in [-0.1, -0.05) is 24.3 Å². The number of aromatic hydroxyl groups is 2. The first-order valence-corrected chi connectivity index (χ1v) is 5.61. The second kappa shape index (κ2) is 3.53. The number of hydrogen-bond donors (Lipinski definition) is 2. The molecule has 0 aliphatic heterocycles. The first kappa shape index (κ1) is 10.7. The first-order valence-electron chi connectivity index (χ1n) is 5.61. The Morgan fingerprint density at radius 3 is 2.50 bits per heavy atom. The zero-order chi connectivity index (χ0) is 12.9. The Bertz CT molecular complexity index is 813.